The number of thiazole rings is 1. The van der Waals surface area contributed by atoms with Crippen LogP contribution < -0.4 is 5.32 Å². The predicted molar refractivity (Wildman–Crippen MR) is 82.7 cm³/mol. The number of benzene rings is 1. The number of halogens is 1. The zero-order valence-electron chi connectivity index (χ0n) is 9.90. The quantitative estimate of drug-likeness (QED) is 0.815. The van der Waals surface area contributed by atoms with Crippen LogP contribution in [-0.2, 0) is 6.54 Å². The van der Waals surface area contributed by atoms with E-state index in [0.29, 0.717) is 5.92 Å². The third-order valence-electron chi connectivity index (χ3n) is 2.54. The maximum atomic E-state index is 4.35. The van der Waals surface area contributed by atoms with E-state index in [1.807, 2.05) is 6.20 Å². The predicted octanol–water partition coefficient (Wildman–Crippen LogP) is 4.48. The van der Waals surface area contributed by atoms with Gasteiger partial charge in [0.2, 0.25) is 0 Å². The van der Waals surface area contributed by atoms with Crippen LogP contribution in [0.15, 0.2) is 30.5 Å². The summed E-state index contributed by atoms with van der Waals surface area (Å²) in [5.41, 5.74) is 2.58. The first-order chi connectivity index (χ1) is 8.16. The van der Waals surface area contributed by atoms with E-state index >= 15 is 0 Å². The fourth-order valence-electron chi connectivity index (χ4n) is 1.70. The van der Waals surface area contributed by atoms with Gasteiger partial charge in [-0.3, -0.25) is 0 Å². The highest BCUT2D eigenvalue weighted by atomic mass is 127. The van der Waals surface area contributed by atoms with Crippen LogP contribution in [0.1, 0.15) is 30.3 Å². The number of nitrogens with zero attached hydrogens (tertiary/aromatic N) is 1. The lowest BCUT2D eigenvalue weighted by molar-refractivity contribution is 0.865. The van der Waals surface area contributed by atoms with Gasteiger partial charge in [0.05, 0.1) is 15.6 Å². The van der Waals surface area contributed by atoms with Gasteiger partial charge in [0.25, 0.3) is 0 Å². The molecule has 0 bridgehead atoms. The molecule has 1 N–H and O–H groups in total. The molecule has 0 saturated carbocycles. The number of para-hydroxylation sites is 1. The molecule has 2 nitrogen and oxygen atoms in total. The fraction of sp³-hybridized carbons (Fsp3) is 0.308. The first-order valence-corrected chi connectivity index (χ1v) is 7.49. The summed E-state index contributed by atoms with van der Waals surface area (Å²) in [6.45, 7) is 5.23. The van der Waals surface area contributed by atoms with Gasteiger partial charge in [-0.05, 0) is 40.1 Å². The average molecular weight is 358 g/mol. The number of rotatable bonds is 4. The highest BCUT2D eigenvalue weighted by Crippen LogP contribution is 2.24. The lowest BCUT2D eigenvalue weighted by Gasteiger charge is -2.13. The highest BCUT2D eigenvalue weighted by Gasteiger charge is 2.06. The lowest BCUT2D eigenvalue weighted by atomic mass is 10.0. The molecular formula is C13H15IN2S. The summed E-state index contributed by atoms with van der Waals surface area (Å²) in [5, 5.41) is 4.60. The molecule has 17 heavy (non-hydrogen) atoms. The molecule has 1 aromatic carbocycles. The fourth-order valence-corrected chi connectivity index (χ4v) is 3.18. The van der Waals surface area contributed by atoms with Gasteiger partial charge in [0, 0.05) is 5.69 Å². The maximum Gasteiger partial charge on any atom is 0.113 e. The summed E-state index contributed by atoms with van der Waals surface area (Å²) in [6.07, 6.45) is 1.91. The Labute approximate surface area is 120 Å². The van der Waals surface area contributed by atoms with E-state index in [9.17, 15) is 0 Å². The van der Waals surface area contributed by atoms with Gasteiger partial charge in [-0.15, -0.1) is 11.3 Å². The molecule has 0 aliphatic heterocycles. The molecule has 0 radical (unpaired) electrons. The summed E-state index contributed by atoms with van der Waals surface area (Å²) >= 11 is 4.03. The molecular weight excluding hydrogens is 343 g/mol. The van der Waals surface area contributed by atoms with Crippen molar-refractivity contribution in [1.82, 2.24) is 4.98 Å². The molecule has 0 atom stereocenters. The summed E-state index contributed by atoms with van der Waals surface area (Å²) in [7, 11) is 0. The third kappa shape index (κ3) is 3.42. The van der Waals surface area contributed by atoms with Gasteiger partial charge in [0.15, 0.2) is 0 Å². The number of aromatic nitrogens is 1. The molecule has 0 aliphatic carbocycles. The standard InChI is InChI=1S/C13H15IN2S/c1-9(2)10-5-3-4-6-11(10)15-8-13-16-7-12(14)17-13/h3-7,9,15H,8H2,1-2H3. The topological polar surface area (TPSA) is 24.9 Å². The van der Waals surface area contributed by atoms with Crippen molar-refractivity contribution in [3.8, 4) is 0 Å². The van der Waals surface area contributed by atoms with Gasteiger partial charge in [-0.25, -0.2) is 4.98 Å². The van der Waals surface area contributed by atoms with Crippen molar-refractivity contribution in [3.05, 3.63) is 43.9 Å². The molecule has 0 saturated heterocycles. The van der Waals surface area contributed by atoms with Crippen LogP contribution in [0.25, 0.3) is 0 Å². The van der Waals surface area contributed by atoms with Crippen molar-refractivity contribution in [1.29, 1.82) is 0 Å². The minimum absolute atomic E-state index is 0.537. The Morgan fingerprint density at radius 2 is 2.12 bits per heavy atom. The summed E-state index contributed by atoms with van der Waals surface area (Å²) in [6, 6.07) is 8.47. The van der Waals surface area contributed by atoms with Gasteiger partial charge in [-0.2, -0.15) is 0 Å². The van der Waals surface area contributed by atoms with Gasteiger partial charge >= 0.3 is 0 Å². The van der Waals surface area contributed by atoms with Crippen LogP contribution in [0.4, 0.5) is 5.69 Å². The second-order valence-corrected chi connectivity index (χ2v) is 7.16. The SMILES string of the molecule is CC(C)c1ccccc1NCc1ncc(I)s1. The molecule has 2 rings (SSSR count). The molecule has 0 amide bonds. The molecule has 4 heteroatoms. The maximum absolute atomic E-state index is 4.35. The van der Waals surface area contributed by atoms with Gasteiger partial charge in [0.1, 0.15) is 5.01 Å². The molecule has 1 aromatic heterocycles. The van der Waals surface area contributed by atoms with Crippen molar-refractivity contribution in [2.24, 2.45) is 0 Å². The van der Waals surface area contributed by atoms with Crippen molar-refractivity contribution in [2.75, 3.05) is 5.32 Å². The zero-order valence-corrected chi connectivity index (χ0v) is 12.9. The number of nitrogens with one attached hydrogen (secondary N) is 1. The largest absolute Gasteiger partial charge is 0.378 e. The minimum atomic E-state index is 0.537. The second kappa shape index (κ2) is 5.82. The number of hydrogen-bond donors (Lipinski definition) is 1. The normalized spacial score (nSPS) is 10.8. The minimum Gasteiger partial charge on any atom is -0.378 e. The van der Waals surface area contributed by atoms with E-state index in [2.05, 4.69) is 71.0 Å². The monoisotopic (exact) mass is 358 g/mol. The Balaban J connectivity index is 2.08. The molecule has 1 heterocycles. The van der Waals surface area contributed by atoms with Crippen molar-refractivity contribution in [3.63, 3.8) is 0 Å². The number of anilines is 1. The number of hydrogen-bond acceptors (Lipinski definition) is 3. The van der Waals surface area contributed by atoms with Crippen LogP contribution in [0.5, 0.6) is 0 Å². The van der Waals surface area contributed by atoms with E-state index in [0.717, 1.165) is 11.6 Å². The Kier molecular flexibility index (Phi) is 4.39. The van der Waals surface area contributed by atoms with Crippen LogP contribution >= 0.6 is 33.9 Å². The molecule has 90 valence electrons. The summed E-state index contributed by atoms with van der Waals surface area (Å²) in [4.78, 5) is 4.35. The molecule has 0 unspecified atom stereocenters. The van der Waals surface area contributed by atoms with Crippen LogP contribution in [0.3, 0.4) is 0 Å². The average Bonchev–Trinajstić information content (AvgIpc) is 2.73. The second-order valence-electron chi connectivity index (χ2n) is 4.15. The van der Waals surface area contributed by atoms with Crippen LogP contribution in [-0.4, -0.2) is 4.98 Å². The first-order valence-electron chi connectivity index (χ1n) is 5.60. The first kappa shape index (κ1) is 12.8. The van der Waals surface area contributed by atoms with E-state index in [4.69, 9.17) is 0 Å². The summed E-state index contributed by atoms with van der Waals surface area (Å²) < 4.78 is 1.23. The Bertz CT molecular complexity index is 494. The van der Waals surface area contributed by atoms with Crippen LogP contribution in [0, 0.1) is 2.88 Å². The lowest BCUT2D eigenvalue weighted by Crippen LogP contribution is -2.02. The van der Waals surface area contributed by atoms with E-state index < -0.39 is 0 Å². The van der Waals surface area contributed by atoms with E-state index in [-0.39, 0.29) is 0 Å². The van der Waals surface area contributed by atoms with Crippen molar-refractivity contribution in [2.45, 2.75) is 26.3 Å². The summed E-state index contributed by atoms with van der Waals surface area (Å²) in [5.74, 6) is 0.537. The molecule has 0 fully saturated rings. The molecule has 0 spiro atoms. The van der Waals surface area contributed by atoms with Crippen molar-refractivity contribution >= 4 is 39.6 Å². The van der Waals surface area contributed by atoms with E-state index in [1.165, 1.54) is 14.1 Å². The van der Waals surface area contributed by atoms with Crippen LogP contribution in [0.2, 0.25) is 0 Å². The Morgan fingerprint density at radius 3 is 2.76 bits per heavy atom. The molecule has 0 aliphatic rings. The van der Waals surface area contributed by atoms with Crippen molar-refractivity contribution < 1.29 is 0 Å². The van der Waals surface area contributed by atoms with Gasteiger partial charge in [-0.1, -0.05) is 32.0 Å². The highest BCUT2D eigenvalue weighted by molar-refractivity contribution is 14.1. The smallest absolute Gasteiger partial charge is 0.113 e. The van der Waals surface area contributed by atoms with E-state index in [1.54, 1.807) is 11.3 Å². The molecule has 2 aromatic rings. The zero-order chi connectivity index (χ0) is 12.3. The third-order valence-corrected chi connectivity index (χ3v) is 4.26. The Hall–Kier alpha value is -0.620. The van der Waals surface area contributed by atoms with Gasteiger partial charge < -0.3 is 5.32 Å². The Morgan fingerprint density at radius 1 is 1.35 bits per heavy atom.